The minimum absolute atomic E-state index is 0.0863. The Hall–Kier alpha value is -0.480. The summed E-state index contributed by atoms with van der Waals surface area (Å²) in [6.07, 6.45) is 2.49. The van der Waals surface area contributed by atoms with Crippen LogP contribution in [0.4, 0.5) is 8.78 Å². The molecule has 0 aliphatic heterocycles. The van der Waals surface area contributed by atoms with Gasteiger partial charge in [-0.1, -0.05) is 20.3 Å². The van der Waals surface area contributed by atoms with Crippen LogP contribution < -0.4 is 5.32 Å². The molecule has 0 amide bonds. The first-order chi connectivity index (χ1) is 8.51. The van der Waals surface area contributed by atoms with Crippen molar-refractivity contribution in [2.24, 2.45) is 5.92 Å². The lowest BCUT2D eigenvalue weighted by atomic mass is 9.91. The third-order valence-corrected chi connectivity index (χ3v) is 3.98. The predicted molar refractivity (Wildman–Crippen MR) is 74.7 cm³/mol. The van der Waals surface area contributed by atoms with Crippen LogP contribution in [0.3, 0.4) is 0 Å². The molecule has 1 aromatic carbocycles. The second-order valence-corrected chi connectivity index (χ2v) is 5.54. The van der Waals surface area contributed by atoms with Gasteiger partial charge in [-0.05, 0) is 53.9 Å². The molecule has 0 radical (unpaired) electrons. The van der Waals surface area contributed by atoms with Crippen LogP contribution in [-0.2, 0) is 6.42 Å². The van der Waals surface area contributed by atoms with Gasteiger partial charge in [0.25, 0.3) is 0 Å². The molecule has 0 aromatic heterocycles. The molecule has 1 aromatic rings. The molecule has 4 heteroatoms. The van der Waals surface area contributed by atoms with Crippen molar-refractivity contribution in [1.82, 2.24) is 5.32 Å². The Morgan fingerprint density at radius 2 is 2.00 bits per heavy atom. The van der Waals surface area contributed by atoms with E-state index in [1.165, 1.54) is 12.1 Å². The number of hydrogen-bond donors (Lipinski definition) is 1. The van der Waals surface area contributed by atoms with Crippen molar-refractivity contribution in [3.63, 3.8) is 0 Å². The molecule has 0 saturated carbocycles. The summed E-state index contributed by atoms with van der Waals surface area (Å²) >= 11 is 3.10. The van der Waals surface area contributed by atoms with E-state index in [1.807, 2.05) is 7.05 Å². The van der Waals surface area contributed by atoms with Gasteiger partial charge in [0, 0.05) is 11.6 Å². The van der Waals surface area contributed by atoms with E-state index >= 15 is 0 Å². The van der Waals surface area contributed by atoms with Crippen LogP contribution in [0.2, 0.25) is 0 Å². The molecule has 0 heterocycles. The van der Waals surface area contributed by atoms with Gasteiger partial charge in [-0.15, -0.1) is 0 Å². The summed E-state index contributed by atoms with van der Waals surface area (Å²) in [5.41, 5.74) is 0.159. The van der Waals surface area contributed by atoms with Crippen molar-refractivity contribution >= 4 is 15.9 Å². The summed E-state index contributed by atoms with van der Waals surface area (Å²) in [5.74, 6) is -0.573. The maximum Gasteiger partial charge on any atom is 0.143 e. The Kier molecular flexibility index (Phi) is 6.22. The zero-order valence-electron chi connectivity index (χ0n) is 11.1. The topological polar surface area (TPSA) is 12.0 Å². The molecule has 0 aliphatic rings. The van der Waals surface area contributed by atoms with Gasteiger partial charge < -0.3 is 5.32 Å². The van der Waals surface area contributed by atoms with Crippen molar-refractivity contribution in [3.05, 3.63) is 33.8 Å². The van der Waals surface area contributed by atoms with Crippen molar-refractivity contribution in [2.45, 2.75) is 39.2 Å². The smallest absolute Gasteiger partial charge is 0.143 e. The minimum atomic E-state index is -0.487. The predicted octanol–water partition coefficient (Wildman–Crippen LogP) is 4.29. The highest BCUT2D eigenvalue weighted by Crippen LogP contribution is 2.24. The largest absolute Gasteiger partial charge is 0.316 e. The van der Waals surface area contributed by atoms with Crippen LogP contribution in [0.1, 0.15) is 32.3 Å². The molecule has 2 atom stereocenters. The van der Waals surface area contributed by atoms with E-state index in [0.717, 1.165) is 12.8 Å². The van der Waals surface area contributed by atoms with Gasteiger partial charge in [0.15, 0.2) is 0 Å². The summed E-state index contributed by atoms with van der Waals surface area (Å²) in [7, 11) is 1.84. The van der Waals surface area contributed by atoms with Gasteiger partial charge in [-0.2, -0.15) is 0 Å². The quantitative estimate of drug-likeness (QED) is 0.771. The van der Waals surface area contributed by atoms with Crippen LogP contribution in [-0.4, -0.2) is 13.1 Å². The van der Waals surface area contributed by atoms with Crippen LogP contribution >= 0.6 is 15.9 Å². The SMILES string of the molecule is CCCC(C)C(Cc1c(F)ccc(Br)c1F)NC. The summed E-state index contributed by atoms with van der Waals surface area (Å²) < 4.78 is 27.9. The number of likely N-dealkylation sites (N-methyl/N-ethyl adjacent to an activating group) is 1. The van der Waals surface area contributed by atoms with E-state index < -0.39 is 11.6 Å². The highest BCUT2D eigenvalue weighted by molar-refractivity contribution is 9.10. The molecule has 0 fully saturated rings. The molecular weight excluding hydrogens is 300 g/mol. The van der Waals surface area contributed by atoms with Crippen molar-refractivity contribution in [3.8, 4) is 0 Å². The fourth-order valence-corrected chi connectivity index (χ4v) is 2.59. The Bertz CT molecular complexity index is 396. The van der Waals surface area contributed by atoms with Crippen LogP contribution in [0.25, 0.3) is 0 Å². The number of benzene rings is 1. The van der Waals surface area contributed by atoms with Gasteiger partial charge in [0.05, 0.1) is 4.47 Å². The fourth-order valence-electron chi connectivity index (χ4n) is 2.22. The van der Waals surface area contributed by atoms with E-state index in [1.54, 1.807) is 0 Å². The van der Waals surface area contributed by atoms with Gasteiger partial charge in [-0.3, -0.25) is 0 Å². The zero-order valence-corrected chi connectivity index (χ0v) is 12.7. The van der Waals surface area contributed by atoms with Crippen LogP contribution in [0.5, 0.6) is 0 Å². The maximum atomic E-state index is 13.9. The van der Waals surface area contributed by atoms with E-state index in [4.69, 9.17) is 0 Å². The highest BCUT2D eigenvalue weighted by atomic mass is 79.9. The highest BCUT2D eigenvalue weighted by Gasteiger charge is 2.20. The third kappa shape index (κ3) is 3.75. The van der Waals surface area contributed by atoms with Crippen LogP contribution in [0, 0.1) is 17.6 Å². The molecule has 0 bridgehead atoms. The summed E-state index contributed by atoms with van der Waals surface area (Å²) in [6, 6.07) is 2.79. The summed E-state index contributed by atoms with van der Waals surface area (Å²) in [6.45, 7) is 4.22. The lowest BCUT2D eigenvalue weighted by Crippen LogP contribution is -2.34. The van der Waals surface area contributed by atoms with Gasteiger partial charge in [0.1, 0.15) is 11.6 Å². The third-order valence-electron chi connectivity index (χ3n) is 3.36. The molecular formula is C14H20BrF2N. The Morgan fingerprint density at radius 3 is 2.56 bits per heavy atom. The minimum Gasteiger partial charge on any atom is -0.316 e. The molecule has 1 nitrogen and oxygen atoms in total. The second kappa shape index (κ2) is 7.19. The maximum absolute atomic E-state index is 13.9. The Balaban J connectivity index is 2.91. The lowest BCUT2D eigenvalue weighted by molar-refractivity contribution is 0.363. The number of rotatable bonds is 6. The first kappa shape index (κ1) is 15.6. The number of halogens is 3. The second-order valence-electron chi connectivity index (χ2n) is 4.69. The Morgan fingerprint density at radius 1 is 1.33 bits per heavy atom. The van der Waals surface area contributed by atoms with E-state index in [-0.39, 0.29) is 11.6 Å². The molecule has 0 spiro atoms. The standard InChI is InChI=1S/C14H20BrF2N/c1-4-5-9(2)13(18-3)8-10-12(16)7-6-11(15)14(10)17/h6-7,9,13,18H,4-5,8H2,1-3H3. The van der Waals surface area contributed by atoms with Crippen molar-refractivity contribution in [2.75, 3.05) is 7.05 Å². The molecule has 18 heavy (non-hydrogen) atoms. The van der Waals surface area contributed by atoms with Gasteiger partial charge >= 0.3 is 0 Å². The van der Waals surface area contributed by atoms with Crippen molar-refractivity contribution in [1.29, 1.82) is 0 Å². The summed E-state index contributed by atoms with van der Waals surface area (Å²) in [4.78, 5) is 0. The van der Waals surface area contributed by atoms with Gasteiger partial charge in [0.2, 0.25) is 0 Å². The number of nitrogens with one attached hydrogen (secondary N) is 1. The molecule has 1 rings (SSSR count). The molecule has 102 valence electrons. The first-order valence-electron chi connectivity index (χ1n) is 6.30. The van der Waals surface area contributed by atoms with Gasteiger partial charge in [-0.25, -0.2) is 8.78 Å². The van der Waals surface area contributed by atoms with Crippen LogP contribution in [0.15, 0.2) is 16.6 Å². The fraction of sp³-hybridized carbons (Fsp3) is 0.571. The van der Waals surface area contributed by atoms with Crippen molar-refractivity contribution < 1.29 is 8.78 Å². The molecule has 1 N–H and O–H groups in total. The monoisotopic (exact) mass is 319 g/mol. The number of hydrogen-bond acceptors (Lipinski definition) is 1. The van der Waals surface area contributed by atoms with E-state index in [0.29, 0.717) is 16.8 Å². The normalized spacial score (nSPS) is 14.6. The molecule has 0 saturated heterocycles. The molecule has 2 unspecified atom stereocenters. The Labute approximate surface area is 116 Å². The molecule has 0 aliphatic carbocycles. The average molecular weight is 320 g/mol. The van der Waals surface area contributed by atoms with E-state index in [2.05, 4.69) is 35.1 Å². The summed E-state index contributed by atoms with van der Waals surface area (Å²) in [5, 5.41) is 3.16. The lowest BCUT2D eigenvalue weighted by Gasteiger charge is -2.24. The average Bonchev–Trinajstić information content (AvgIpc) is 2.34. The zero-order chi connectivity index (χ0) is 13.7. The first-order valence-corrected chi connectivity index (χ1v) is 7.10. The van der Waals surface area contributed by atoms with E-state index in [9.17, 15) is 8.78 Å².